The predicted octanol–water partition coefficient (Wildman–Crippen LogP) is 1.42. The molecule has 0 aromatic rings. The molecule has 1 atom stereocenters. The molecule has 1 saturated heterocycles. The average molecular weight is 286 g/mol. The van der Waals surface area contributed by atoms with Gasteiger partial charge in [0.1, 0.15) is 0 Å². The van der Waals surface area contributed by atoms with E-state index in [1.165, 1.54) is 19.3 Å². The van der Waals surface area contributed by atoms with E-state index in [-0.39, 0.29) is 5.91 Å². The Hall–Kier alpha value is -0.650. The smallest absolute Gasteiger partial charge is 0.222 e. The second kappa shape index (κ2) is 11.1. The van der Waals surface area contributed by atoms with E-state index in [0.29, 0.717) is 32.2 Å². The summed E-state index contributed by atoms with van der Waals surface area (Å²) in [4.78, 5) is 14.2. The van der Waals surface area contributed by atoms with E-state index in [4.69, 9.17) is 9.47 Å². The highest BCUT2D eigenvalue weighted by atomic mass is 16.5. The van der Waals surface area contributed by atoms with Crippen LogP contribution in [0.15, 0.2) is 0 Å². The van der Waals surface area contributed by atoms with Crippen molar-refractivity contribution in [3.05, 3.63) is 0 Å². The Balaban J connectivity index is 2.28. The predicted molar refractivity (Wildman–Crippen MR) is 79.8 cm³/mol. The SMILES string of the molecule is COCCCN(CCOC)C(=O)CCC1CCCCN1. The Kier molecular flexibility index (Phi) is 9.62. The molecule has 20 heavy (non-hydrogen) atoms. The van der Waals surface area contributed by atoms with Gasteiger partial charge < -0.3 is 19.7 Å². The third kappa shape index (κ3) is 7.22. The van der Waals surface area contributed by atoms with Crippen LogP contribution in [0.3, 0.4) is 0 Å². The van der Waals surface area contributed by atoms with Crippen LogP contribution in [-0.4, -0.2) is 63.9 Å². The molecule has 1 aliphatic heterocycles. The molecule has 1 N–H and O–H groups in total. The van der Waals surface area contributed by atoms with Gasteiger partial charge in [-0.05, 0) is 32.2 Å². The molecule has 1 amide bonds. The normalized spacial score (nSPS) is 19.0. The van der Waals surface area contributed by atoms with Gasteiger partial charge in [0.25, 0.3) is 0 Å². The highest BCUT2D eigenvalue weighted by molar-refractivity contribution is 5.76. The van der Waals surface area contributed by atoms with Gasteiger partial charge in [-0.15, -0.1) is 0 Å². The van der Waals surface area contributed by atoms with E-state index in [1.807, 2.05) is 4.90 Å². The summed E-state index contributed by atoms with van der Waals surface area (Å²) in [7, 11) is 3.36. The van der Waals surface area contributed by atoms with Crippen LogP contribution in [-0.2, 0) is 14.3 Å². The van der Waals surface area contributed by atoms with E-state index in [2.05, 4.69) is 5.32 Å². The molecule has 1 unspecified atom stereocenters. The average Bonchev–Trinajstić information content (AvgIpc) is 2.49. The van der Waals surface area contributed by atoms with E-state index in [0.717, 1.165) is 25.9 Å². The van der Waals surface area contributed by atoms with Crippen molar-refractivity contribution in [1.82, 2.24) is 10.2 Å². The van der Waals surface area contributed by atoms with Crippen molar-refractivity contribution >= 4 is 5.91 Å². The maximum Gasteiger partial charge on any atom is 0.222 e. The number of ether oxygens (including phenoxy) is 2. The summed E-state index contributed by atoms with van der Waals surface area (Å²) >= 11 is 0. The first-order valence-corrected chi connectivity index (χ1v) is 7.77. The van der Waals surface area contributed by atoms with Crippen LogP contribution in [0.25, 0.3) is 0 Å². The van der Waals surface area contributed by atoms with Crippen molar-refractivity contribution < 1.29 is 14.3 Å². The number of piperidine rings is 1. The fraction of sp³-hybridized carbons (Fsp3) is 0.933. The zero-order chi connectivity index (χ0) is 14.6. The Morgan fingerprint density at radius 1 is 1.20 bits per heavy atom. The molecule has 0 aliphatic carbocycles. The lowest BCUT2D eigenvalue weighted by Crippen LogP contribution is -2.38. The van der Waals surface area contributed by atoms with Gasteiger partial charge in [-0.3, -0.25) is 4.79 Å². The van der Waals surface area contributed by atoms with Crippen molar-refractivity contribution in [2.24, 2.45) is 0 Å². The van der Waals surface area contributed by atoms with Gasteiger partial charge in [-0.25, -0.2) is 0 Å². The third-order valence-corrected chi connectivity index (χ3v) is 3.81. The van der Waals surface area contributed by atoms with Crippen LogP contribution >= 0.6 is 0 Å². The molecule has 0 bridgehead atoms. The Labute approximate surface area is 123 Å². The summed E-state index contributed by atoms with van der Waals surface area (Å²) in [6, 6.07) is 0.524. The van der Waals surface area contributed by atoms with Gasteiger partial charge in [0, 0.05) is 46.4 Å². The van der Waals surface area contributed by atoms with Crippen LogP contribution in [0.5, 0.6) is 0 Å². The van der Waals surface area contributed by atoms with Gasteiger partial charge in [-0.2, -0.15) is 0 Å². The maximum atomic E-state index is 12.3. The maximum absolute atomic E-state index is 12.3. The fourth-order valence-corrected chi connectivity index (χ4v) is 2.59. The van der Waals surface area contributed by atoms with Crippen molar-refractivity contribution in [3.8, 4) is 0 Å². The van der Waals surface area contributed by atoms with Crippen molar-refractivity contribution in [2.45, 2.75) is 44.6 Å². The summed E-state index contributed by atoms with van der Waals surface area (Å²) in [5.74, 6) is 0.241. The minimum atomic E-state index is 0.241. The number of rotatable bonds is 10. The van der Waals surface area contributed by atoms with Gasteiger partial charge in [0.15, 0.2) is 0 Å². The number of carbonyl (C=O) groups excluding carboxylic acids is 1. The Bertz CT molecular complexity index is 256. The topological polar surface area (TPSA) is 50.8 Å². The number of methoxy groups -OCH3 is 2. The van der Waals surface area contributed by atoms with E-state index >= 15 is 0 Å². The molecule has 5 heteroatoms. The zero-order valence-electron chi connectivity index (χ0n) is 13.0. The molecule has 0 aromatic heterocycles. The molecule has 0 aromatic carbocycles. The van der Waals surface area contributed by atoms with Gasteiger partial charge in [-0.1, -0.05) is 6.42 Å². The molecule has 5 nitrogen and oxygen atoms in total. The highest BCUT2D eigenvalue weighted by Gasteiger charge is 2.17. The summed E-state index contributed by atoms with van der Waals surface area (Å²) in [6.45, 7) is 3.83. The summed E-state index contributed by atoms with van der Waals surface area (Å²) in [6.07, 6.45) is 6.22. The summed E-state index contributed by atoms with van der Waals surface area (Å²) < 4.78 is 10.1. The summed E-state index contributed by atoms with van der Waals surface area (Å²) in [5, 5.41) is 3.49. The second-order valence-corrected chi connectivity index (χ2v) is 5.41. The summed E-state index contributed by atoms with van der Waals surface area (Å²) in [5.41, 5.74) is 0. The number of hydrogen-bond acceptors (Lipinski definition) is 4. The van der Waals surface area contributed by atoms with Crippen molar-refractivity contribution in [2.75, 3.05) is 47.1 Å². The molecular weight excluding hydrogens is 256 g/mol. The number of amides is 1. The van der Waals surface area contributed by atoms with Crippen LogP contribution in [0.2, 0.25) is 0 Å². The standard InChI is InChI=1S/C15H30N2O3/c1-19-12-5-10-17(11-13-20-2)15(18)8-7-14-6-3-4-9-16-14/h14,16H,3-13H2,1-2H3. The fourth-order valence-electron chi connectivity index (χ4n) is 2.59. The zero-order valence-corrected chi connectivity index (χ0v) is 13.0. The van der Waals surface area contributed by atoms with Crippen LogP contribution in [0, 0.1) is 0 Å². The van der Waals surface area contributed by atoms with E-state index < -0.39 is 0 Å². The lowest BCUT2D eigenvalue weighted by Gasteiger charge is -2.26. The van der Waals surface area contributed by atoms with Gasteiger partial charge >= 0.3 is 0 Å². The van der Waals surface area contributed by atoms with Gasteiger partial charge in [0.2, 0.25) is 5.91 Å². The molecule has 0 saturated carbocycles. The van der Waals surface area contributed by atoms with Gasteiger partial charge in [0.05, 0.1) is 6.61 Å². The minimum Gasteiger partial charge on any atom is -0.385 e. The van der Waals surface area contributed by atoms with Crippen LogP contribution in [0.4, 0.5) is 0 Å². The van der Waals surface area contributed by atoms with Crippen LogP contribution in [0.1, 0.15) is 38.5 Å². The number of hydrogen-bond donors (Lipinski definition) is 1. The molecule has 1 heterocycles. The monoisotopic (exact) mass is 286 g/mol. The largest absolute Gasteiger partial charge is 0.385 e. The first kappa shape index (κ1) is 17.4. The number of nitrogens with zero attached hydrogens (tertiary/aromatic N) is 1. The number of nitrogens with one attached hydrogen (secondary N) is 1. The molecule has 1 rings (SSSR count). The molecular formula is C15H30N2O3. The Morgan fingerprint density at radius 2 is 2.00 bits per heavy atom. The second-order valence-electron chi connectivity index (χ2n) is 5.41. The lowest BCUT2D eigenvalue weighted by atomic mass is 10.0. The van der Waals surface area contributed by atoms with E-state index in [9.17, 15) is 4.79 Å². The molecule has 0 radical (unpaired) electrons. The molecule has 1 fully saturated rings. The van der Waals surface area contributed by atoms with Crippen molar-refractivity contribution in [3.63, 3.8) is 0 Å². The Morgan fingerprint density at radius 3 is 2.65 bits per heavy atom. The quantitative estimate of drug-likeness (QED) is 0.617. The van der Waals surface area contributed by atoms with E-state index in [1.54, 1.807) is 14.2 Å². The first-order chi connectivity index (χ1) is 9.77. The number of carbonyl (C=O) groups is 1. The lowest BCUT2D eigenvalue weighted by molar-refractivity contribution is -0.132. The first-order valence-electron chi connectivity index (χ1n) is 7.77. The molecule has 118 valence electrons. The highest BCUT2D eigenvalue weighted by Crippen LogP contribution is 2.12. The third-order valence-electron chi connectivity index (χ3n) is 3.81. The van der Waals surface area contributed by atoms with Crippen LogP contribution < -0.4 is 5.32 Å². The molecule has 0 spiro atoms. The molecule has 1 aliphatic rings. The minimum absolute atomic E-state index is 0.241. The van der Waals surface area contributed by atoms with Crippen molar-refractivity contribution in [1.29, 1.82) is 0 Å².